The summed E-state index contributed by atoms with van der Waals surface area (Å²) in [5, 5.41) is 0. The number of hydrogen-bond acceptors (Lipinski definition) is 2. The first-order valence-corrected chi connectivity index (χ1v) is 8.38. The van der Waals surface area contributed by atoms with E-state index in [1.807, 2.05) is 0 Å². The van der Waals surface area contributed by atoms with Crippen LogP contribution in [-0.4, -0.2) is 25.8 Å². The Morgan fingerprint density at radius 1 is 1.05 bits per heavy atom. The molecule has 5 heteroatoms. The SMILES string of the molecule is Cc1cc(S(=O)(=O)N2CCC(=C3CC3)CC2)ccc1F. The molecule has 0 radical (unpaired) electrons. The first-order valence-electron chi connectivity index (χ1n) is 6.94. The number of allylic oxidation sites excluding steroid dienone is 1. The molecule has 1 aromatic rings. The highest BCUT2D eigenvalue weighted by molar-refractivity contribution is 7.89. The van der Waals surface area contributed by atoms with E-state index in [2.05, 4.69) is 0 Å². The largest absolute Gasteiger partial charge is 0.243 e. The maximum Gasteiger partial charge on any atom is 0.243 e. The highest BCUT2D eigenvalue weighted by Gasteiger charge is 2.29. The van der Waals surface area contributed by atoms with E-state index in [4.69, 9.17) is 0 Å². The zero-order valence-corrected chi connectivity index (χ0v) is 12.3. The Morgan fingerprint density at radius 2 is 1.65 bits per heavy atom. The van der Waals surface area contributed by atoms with Gasteiger partial charge in [0.25, 0.3) is 0 Å². The molecule has 0 unspecified atom stereocenters. The fourth-order valence-electron chi connectivity index (χ4n) is 2.69. The van der Waals surface area contributed by atoms with Gasteiger partial charge in [-0.3, -0.25) is 0 Å². The Balaban J connectivity index is 1.81. The lowest BCUT2D eigenvalue weighted by molar-refractivity contribution is 0.386. The zero-order valence-electron chi connectivity index (χ0n) is 11.5. The number of hydrogen-bond donors (Lipinski definition) is 0. The third-order valence-electron chi connectivity index (χ3n) is 4.09. The van der Waals surface area contributed by atoms with Crippen LogP contribution < -0.4 is 0 Å². The summed E-state index contributed by atoms with van der Waals surface area (Å²) < 4.78 is 39.8. The summed E-state index contributed by atoms with van der Waals surface area (Å²) in [6, 6.07) is 4.00. The van der Waals surface area contributed by atoms with Crippen molar-refractivity contribution in [3.63, 3.8) is 0 Å². The summed E-state index contributed by atoms with van der Waals surface area (Å²) >= 11 is 0. The van der Waals surface area contributed by atoms with Crippen LogP contribution in [0.5, 0.6) is 0 Å². The Labute approximate surface area is 119 Å². The van der Waals surface area contributed by atoms with E-state index in [-0.39, 0.29) is 10.7 Å². The molecule has 1 aliphatic carbocycles. The number of nitrogens with zero attached hydrogens (tertiary/aromatic N) is 1. The molecule has 1 heterocycles. The molecule has 0 amide bonds. The number of benzene rings is 1. The van der Waals surface area contributed by atoms with Gasteiger partial charge < -0.3 is 0 Å². The predicted octanol–water partition coefficient (Wildman–Crippen LogP) is 3.01. The standard InChI is InChI=1S/C15H18FNO2S/c1-11-10-14(4-5-15(11)16)20(18,19)17-8-6-13(7-9-17)12-2-3-12/h4-5,10H,2-3,6-9H2,1H3. The second-order valence-electron chi connectivity index (χ2n) is 5.52. The van der Waals surface area contributed by atoms with E-state index >= 15 is 0 Å². The van der Waals surface area contributed by atoms with Gasteiger partial charge in [0, 0.05) is 13.1 Å². The lowest BCUT2D eigenvalue weighted by Crippen LogP contribution is -2.36. The van der Waals surface area contributed by atoms with Crippen LogP contribution in [0.15, 0.2) is 34.2 Å². The van der Waals surface area contributed by atoms with Gasteiger partial charge in [-0.25, -0.2) is 12.8 Å². The van der Waals surface area contributed by atoms with Gasteiger partial charge >= 0.3 is 0 Å². The molecule has 0 N–H and O–H groups in total. The van der Waals surface area contributed by atoms with Crippen molar-refractivity contribution < 1.29 is 12.8 Å². The first kappa shape index (κ1) is 13.8. The Kier molecular flexibility index (Phi) is 3.42. The minimum Gasteiger partial charge on any atom is -0.207 e. The molecule has 2 fully saturated rings. The molecule has 0 atom stereocenters. The molecule has 1 saturated carbocycles. The predicted molar refractivity (Wildman–Crippen MR) is 75.4 cm³/mol. The summed E-state index contributed by atoms with van der Waals surface area (Å²) in [7, 11) is -3.49. The number of sulfonamides is 1. The van der Waals surface area contributed by atoms with E-state index in [0.29, 0.717) is 18.7 Å². The molecule has 2 aliphatic rings. The molecular formula is C15H18FNO2S. The normalized spacial score (nSPS) is 20.3. The molecule has 3 rings (SSSR count). The summed E-state index contributed by atoms with van der Waals surface area (Å²) in [5.74, 6) is -0.372. The van der Waals surface area contributed by atoms with Crippen molar-refractivity contribution in [1.82, 2.24) is 4.31 Å². The van der Waals surface area contributed by atoms with E-state index in [9.17, 15) is 12.8 Å². The number of piperidine rings is 1. The molecule has 1 aromatic carbocycles. The van der Waals surface area contributed by atoms with Gasteiger partial charge in [0.05, 0.1) is 4.90 Å². The van der Waals surface area contributed by atoms with Crippen LogP contribution in [0.25, 0.3) is 0 Å². The third kappa shape index (κ3) is 2.52. The fourth-order valence-corrected chi connectivity index (χ4v) is 4.22. The second kappa shape index (κ2) is 4.97. The van der Waals surface area contributed by atoms with E-state index in [1.165, 1.54) is 46.5 Å². The molecule has 0 aromatic heterocycles. The highest BCUT2D eigenvalue weighted by atomic mass is 32.2. The van der Waals surface area contributed by atoms with Crippen LogP contribution in [0.4, 0.5) is 4.39 Å². The minimum absolute atomic E-state index is 0.193. The van der Waals surface area contributed by atoms with Crippen LogP contribution in [0.2, 0.25) is 0 Å². The van der Waals surface area contributed by atoms with Gasteiger partial charge in [0.15, 0.2) is 0 Å². The quantitative estimate of drug-likeness (QED) is 0.787. The van der Waals surface area contributed by atoms with Crippen LogP contribution in [0.3, 0.4) is 0 Å². The van der Waals surface area contributed by atoms with Crippen LogP contribution in [0.1, 0.15) is 31.2 Å². The molecule has 0 bridgehead atoms. The van der Waals surface area contributed by atoms with Crippen molar-refractivity contribution in [2.24, 2.45) is 0 Å². The Bertz CT molecular complexity index is 663. The fraction of sp³-hybridized carbons (Fsp3) is 0.467. The van der Waals surface area contributed by atoms with E-state index < -0.39 is 10.0 Å². The average Bonchev–Trinajstić information content (AvgIpc) is 3.26. The first-order chi connectivity index (χ1) is 9.48. The van der Waals surface area contributed by atoms with Crippen LogP contribution in [0, 0.1) is 12.7 Å². The van der Waals surface area contributed by atoms with Crippen molar-refractivity contribution in [3.05, 3.63) is 40.7 Å². The Morgan fingerprint density at radius 3 is 2.20 bits per heavy atom. The maximum atomic E-state index is 13.3. The van der Waals surface area contributed by atoms with Gasteiger partial charge in [-0.1, -0.05) is 11.1 Å². The van der Waals surface area contributed by atoms with Crippen molar-refractivity contribution in [2.75, 3.05) is 13.1 Å². The molecule has 0 spiro atoms. The van der Waals surface area contributed by atoms with Gasteiger partial charge in [-0.05, 0) is 56.4 Å². The maximum absolute atomic E-state index is 13.3. The summed E-state index contributed by atoms with van der Waals surface area (Å²) in [6.45, 7) is 2.66. The highest BCUT2D eigenvalue weighted by Crippen LogP contribution is 2.36. The van der Waals surface area contributed by atoms with Crippen molar-refractivity contribution in [1.29, 1.82) is 0 Å². The third-order valence-corrected chi connectivity index (χ3v) is 5.99. The van der Waals surface area contributed by atoms with Crippen LogP contribution >= 0.6 is 0 Å². The van der Waals surface area contributed by atoms with Crippen molar-refractivity contribution in [2.45, 2.75) is 37.5 Å². The van der Waals surface area contributed by atoms with Gasteiger partial charge in [0.1, 0.15) is 5.82 Å². The number of halogens is 1. The lowest BCUT2D eigenvalue weighted by atomic mass is 10.1. The van der Waals surface area contributed by atoms with Gasteiger partial charge in [-0.2, -0.15) is 4.31 Å². The van der Waals surface area contributed by atoms with Gasteiger partial charge in [0.2, 0.25) is 10.0 Å². The topological polar surface area (TPSA) is 37.4 Å². The molecule has 3 nitrogen and oxygen atoms in total. The molecule has 20 heavy (non-hydrogen) atoms. The molecular weight excluding hydrogens is 277 g/mol. The number of rotatable bonds is 2. The molecule has 1 aliphatic heterocycles. The number of aryl methyl sites for hydroxylation is 1. The van der Waals surface area contributed by atoms with Crippen molar-refractivity contribution in [3.8, 4) is 0 Å². The molecule has 108 valence electrons. The van der Waals surface area contributed by atoms with Crippen molar-refractivity contribution >= 4 is 10.0 Å². The monoisotopic (exact) mass is 295 g/mol. The van der Waals surface area contributed by atoms with Crippen LogP contribution in [-0.2, 0) is 10.0 Å². The average molecular weight is 295 g/mol. The summed E-state index contributed by atoms with van der Waals surface area (Å²) in [4.78, 5) is 0.193. The summed E-state index contributed by atoms with van der Waals surface area (Å²) in [6.07, 6.45) is 4.07. The minimum atomic E-state index is -3.49. The Hall–Kier alpha value is -1.20. The zero-order chi connectivity index (χ0) is 14.3. The smallest absolute Gasteiger partial charge is 0.207 e. The second-order valence-corrected chi connectivity index (χ2v) is 7.46. The van der Waals surface area contributed by atoms with Gasteiger partial charge in [-0.15, -0.1) is 0 Å². The lowest BCUT2D eigenvalue weighted by Gasteiger charge is -2.27. The molecule has 1 saturated heterocycles. The van der Waals surface area contributed by atoms with E-state index in [1.54, 1.807) is 6.92 Å². The summed E-state index contributed by atoms with van der Waals surface area (Å²) in [5.41, 5.74) is 3.34. The van der Waals surface area contributed by atoms with E-state index in [0.717, 1.165) is 12.8 Å².